The second kappa shape index (κ2) is 6.11. The molecular formula is C16H13FN6S. The predicted molar refractivity (Wildman–Crippen MR) is 90.4 cm³/mol. The molecule has 1 aromatic carbocycles. The quantitative estimate of drug-likeness (QED) is 0.770. The molecule has 1 aliphatic rings. The molecule has 4 rings (SSSR count). The summed E-state index contributed by atoms with van der Waals surface area (Å²) in [6.07, 6.45) is 0. The summed E-state index contributed by atoms with van der Waals surface area (Å²) in [6.45, 7) is 3.19. The number of hydrogen-bond acceptors (Lipinski definition) is 7. The van der Waals surface area contributed by atoms with Crippen LogP contribution >= 0.6 is 11.3 Å². The molecule has 3 aromatic rings. The Morgan fingerprint density at radius 3 is 2.79 bits per heavy atom. The van der Waals surface area contributed by atoms with E-state index in [1.807, 2.05) is 11.4 Å². The van der Waals surface area contributed by atoms with E-state index in [-0.39, 0.29) is 11.1 Å². The number of benzene rings is 1. The van der Waals surface area contributed by atoms with Gasteiger partial charge in [0, 0.05) is 36.9 Å². The Morgan fingerprint density at radius 1 is 1.25 bits per heavy atom. The number of thiazole rings is 1. The monoisotopic (exact) mass is 340 g/mol. The average Bonchev–Trinajstić information content (AvgIpc) is 3.16. The third-order valence-electron chi connectivity index (χ3n) is 3.94. The third kappa shape index (κ3) is 2.58. The molecule has 1 aliphatic heterocycles. The smallest absolute Gasteiger partial charge is 0.181 e. The van der Waals surface area contributed by atoms with E-state index in [2.05, 4.69) is 25.2 Å². The molecule has 0 aliphatic carbocycles. The van der Waals surface area contributed by atoms with Crippen LogP contribution in [0.3, 0.4) is 0 Å². The minimum atomic E-state index is -0.515. The average molecular weight is 340 g/mol. The number of piperazine rings is 1. The van der Waals surface area contributed by atoms with Gasteiger partial charge in [0.05, 0.1) is 17.1 Å². The van der Waals surface area contributed by atoms with Crippen LogP contribution in [0.15, 0.2) is 23.0 Å². The second-order valence-corrected chi connectivity index (χ2v) is 6.17. The van der Waals surface area contributed by atoms with Crippen LogP contribution in [0.1, 0.15) is 5.56 Å². The molecule has 1 fully saturated rings. The van der Waals surface area contributed by atoms with Crippen LogP contribution in [0.4, 0.5) is 10.2 Å². The van der Waals surface area contributed by atoms with Gasteiger partial charge in [-0.05, 0) is 12.1 Å². The zero-order valence-electron chi connectivity index (χ0n) is 12.7. The van der Waals surface area contributed by atoms with Crippen LogP contribution < -0.4 is 10.2 Å². The number of aromatic nitrogens is 3. The molecule has 0 atom stereocenters. The van der Waals surface area contributed by atoms with Gasteiger partial charge in [-0.15, -0.1) is 11.3 Å². The number of nitriles is 1. The van der Waals surface area contributed by atoms with E-state index in [4.69, 9.17) is 5.26 Å². The van der Waals surface area contributed by atoms with Gasteiger partial charge in [0.1, 0.15) is 17.0 Å². The molecular weight excluding hydrogens is 327 g/mol. The first-order valence-corrected chi connectivity index (χ1v) is 8.46. The molecule has 0 spiro atoms. The molecule has 6 nitrogen and oxygen atoms in total. The SMILES string of the molecule is N#Cc1cc(F)c2nc(-c3cscn3)nc(N3CCNCC3)c2c1. The zero-order chi connectivity index (χ0) is 16.5. The summed E-state index contributed by atoms with van der Waals surface area (Å²) in [4.78, 5) is 15.3. The summed E-state index contributed by atoms with van der Waals surface area (Å²) in [7, 11) is 0. The minimum Gasteiger partial charge on any atom is -0.353 e. The largest absolute Gasteiger partial charge is 0.353 e. The van der Waals surface area contributed by atoms with Crippen LogP contribution in [0.5, 0.6) is 0 Å². The molecule has 1 N–H and O–H groups in total. The lowest BCUT2D eigenvalue weighted by atomic mass is 10.1. The number of anilines is 1. The molecule has 3 heterocycles. The van der Waals surface area contributed by atoms with Gasteiger partial charge in [0.15, 0.2) is 11.6 Å². The van der Waals surface area contributed by atoms with Crippen molar-refractivity contribution in [1.82, 2.24) is 20.3 Å². The molecule has 24 heavy (non-hydrogen) atoms. The fraction of sp³-hybridized carbons (Fsp3) is 0.250. The minimum absolute atomic E-state index is 0.223. The van der Waals surface area contributed by atoms with Crippen molar-refractivity contribution in [1.29, 1.82) is 5.26 Å². The Morgan fingerprint density at radius 2 is 2.08 bits per heavy atom. The number of nitrogens with zero attached hydrogens (tertiary/aromatic N) is 5. The Bertz CT molecular complexity index is 928. The van der Waals surface area contributed by atoms with Crippen LogP contribution in [-0.4, -0.2) is 41.1 Å². The molecule has 0 unspecified atom stereocenters. The van der Waals surface area contributed by atoms with Crippen LogP contribution in [0.25, 0.3) is 22.4 Å². The van der Waals surface area contributed by atoms with E-state index in [9.17, 15) is 4.39 Å². The van der Waals surface area contributed by atoms with E-state index in [1.54, 1.807) is 11.6 Å². The molecule has 120 valence electrons. The zero-order valence-corrected chi connectivity index (χ0v) is 13.5. The van der Waals surface area contributed by atoms with Gasteiger partial charge >= 0.3 is 0 Å². The van der Waals surface area contributed by atoms with E-state index in [0.29, 0.717) is 22.7 Å². The lowest BCUT2D eigenvalue weighted by Crippen LogP contribution is -2.44. The lowest BCUT2D eigenvalue weighted by Gasteiger charge is -2.29. The van der Waals surface area contributed by atoms with Crippen molar-refractivity contribution in [2.45, 2.75) is 0 Å². The molecule has 0 bridgehead atoms. The highest BCUT2D eigenvalue weighted by atomic mass is 32.1. The highest BCUT2D eigenvalue weighted by molar-refractivity contribution is 7.07. The van der Waals surface area contributed by atoms with Crippen molar-refractivity contribution in [3.05, 3.63) is 34.4 Å². The summed E-state index contributed by atoms with van der Waals surface area (Å²) >= 11 is 1.44. The van der Waals surface area contributed by atoms with Crippen molar-refractivity contribution >= 4 is 28.1 Å². The molecule has 0 saturated carbocycles. The van der Waals surface area contributed by atoms with E-state index >= 15 is 0 Å². The fourth-order valence-corrected chi connectivity index (χ4v) is 3.32. The topological polar surface area (TPSA) is 77.7 Å². The van der Waals surface area contributed by atoms with Crippen molar-refractivity contribution in [2.24, 2.45) is 0 Å². The van der Waals surface area contributed by atoms with Crippen molar-refractivity contribution in [3.63, 3.8) is 0 Å². The number of nitrogens with one attached hydrogen (secondary N) is 1. The molecule has 0 radical (unpaired) electrons. The van der Waals surface area contributed by atoms with Gasteiger partial charge in [-0.25, -0.2) is 19.3 Å². The standard InChI is InChI=1S/C16H13FN6S/c17-12-6-10(7-18)5-11-14(12)21-15(13-8-24-9-20-13)22-16(11)23-3-1-19-2-4-23/h5-6,8-9,19H,1-4H2. The second-order valence-electron chi connectivity index (χ2n) is 5.45. The summed E-state index contributed by atoms with van der Waals surface area (Å²) in [5, 5.41) is 14.8. The highest BCUT2D eigenvalue weighted by Crippen LogP contribution is 2.30. The predicted octanol–water partition coefficient (Wildman–Crippen LogP) is 2.17. The van der Waals surface area contributed by atoms with E-state index < -0.39 is 5.82 Å². The first-order chi connectivity index (χ1) is 11.8. The van der Waals surface area contributed by atoms with Crippen LogP contribution in [0, 0.1) is 17.1 Å². The Kier molecular flexibility index (Phi) is 3.80. The van der Waals surface area contributed by atoms with Gasteiger partial charge in [0.25, 0.3) is 0 Å². The van der Waals surface area contributed by atoms with Crippen LogP contribution in [-0.2, 0) is 0 Å². The Balaban J connectivity index is 1.98. The molecule has 8 heteroatoms. The highest BCUT2D eigenvalue weighted by Gasteiger charge is 2.20. The number of rotatable bonds is 2. The molecule has 0 amide bonds. The Hall–Kier alpha value is -2.63. The van der Waals surface area contributed by atoms with Gasteiger partial charge in [0.2, 0.25) is 0 Å². The molecule has 2 aromatic heterocycles. The van der Waals surface area contributed by atoms with Gasteiger partial charge in [-0.1, -0.05) is 0 Å². The summed E-state index contributed by atoms with van der Waals surface area (Å²) in [5.41, 5.74) is 2.81. The number of hydrogen-bond donors (Lipinski definition) is 1. The maximum Gasteiger partial charge on any atom is 0.181 e. The van der Waals surface area contributed by atoms with Crippen molar-refractivity contribution in [2.75, 3.05) is 31.1 Å². The lowest BCUT2D eigenvalue weighted by molar-refractivity contribution is 0.586. The maximum absolute atomic E-state index is 14.5. The van der Waals surface area contributed by atoms with Crippen molar-refractivity contribution in [3.8, 4) is 17.6 Å². The first-order valence-electron chi connectivity index (χ1n) is 7.52. The van der Waals surface area contributed by atoms with Gasteiger partial charge < -0.3 is 10.2 Å². The first kappa shape index (κ1) is 14.9. The maximum atomic E-state index is 14.5. The van der Waals surface area contributed by atoms with Crippen molar-refractivity contribution < 1.29 is 4.39 Å². The number of fused-ring (bicyclic) bond motifs is 1. The summed E-state index contributed by atoms with van der Waals surface area (Å²) < 4.78 is 14.5. The molecule has 1 saturated heterocycles. The van der Waals surface area contributed by atoms with Crippen LogP contribution in [0.2, 0.25) is 0 Å². The van der Waals surface area contributed by atoms with Gasteiger partial charge in [-0.2, -0.15) is 5.26 Å². The Labute approximate surface area is 141 Å². The van der Waals surface area contributed by atoms with E-state index in [1.165, 1.54) is 17.4 Å². The van der Waals surface area contributed by atoms with Gasteiger partial charge in [-0.3, -0.25) is 0 Å². The normalized spacial score (nSPS) is 14.8. The number of halogens is 1. The van der Waals surface area contributed by atoms with E-state index in [0.717, 1.165) is 26.2 Å². The summed E-state index contributed by atoms with van der Waals surface area (Å²) in [5.74, 6) is 0.542. The third-order valence-corrected chi connectivity index (χ3v) is 4.53. The fourth-order valence-electron chi connectivity index (χ4n) is 2.79. The summed E-state index contributed by atoms with van der Waals surface area (Å²) in [6, 6.07) is 4.86.